The van der Waals surface area contributed by atoms with Gasteiger partial charge in [-0.3, -0.25) is 0 Å². The fourth-order valence-corrected chi connectivity index (χ4v) is 4.36. The molecule has 1 heterocycles. The van der Waals surface area contributed by atoms with Gasteiger partial charge in [-0.2, -0.15) is 0 Å². The van der Waals surface area contributed by atoms with Gasteiger partial charge >= 0.3 is 0 Å². The Bertz CT molecular complexity index is 638. The average molecular weight is 403 g/mol. The van der Waals surface area contributed by atoms with Gasteiger partial charge in [-0.05, 0) is 51.7 Å². The number of benzene rings is 1. The predicted octanol–water partition coefficient (Wildman–Crippen LogP) is 3.42. The third-order valence-corrected chi connectivity index (χ3v) is 5.94. The van der Waals surface area contributed by atoms with Crippen LogP contribution < -0.4 is 20.1 Å². The summed E-state index contributed by atoms with van der Waals surface area (Å²) in [7, 11) is 1.67. The lowest BCUT2D eigenvalue weighted by atomic mass is 10.0. The fraction of sp³-hybridized carbons (Fsp3) is 0.696. The Hall–Kier alpha value is -1.95. The van der Waals surface area contributed by atoms with Crippen molar-refractivity contribution in [3.63, 3.8) is 0 Å². The van der Waals surface area contributed by atoms with Gasteiger partial charge in [0.25, 0.3) is 0 Å². The molecule has 0 amide bonds. The summed E-state index contributed by atoms with van der Waals surface area (Å²) in [6, 6.07) is 9.05. The van der Waals surface area contributed by atoms with Gasteiger partial charge in [-0.15, -0.1) is 0 Å². The molecule has 1 aliphatic heterocycles. The van der Waals surface area contributed by atoms with Crippen LogP contribution in [0.2, 0.25) is 0 Å². The molecule has 1 aromatic rings. The maximum atomic E-state index is 6.00. The third kappa shape index (κ3) is 6.81. The van der Waals surface area contributed by atoms with Crippen LogP contribution in [0.4, 0.5) is 0 Å². The third-order valence-electron chi connectivity index (χ3n) is 5.94. The molecule has 6 heteroatoms. The zero-order chi connectivity index (χ0) is 20.5. The monoisotopic (exact) mass is 402 g/mol. The minimum Gasteiger partial charge on any atom is -0.497 e. The van der Waals surface area contributed by atoms with Crippen LogP contribution in [0.1, 0.15) is 52.4 Å². The Labute approximate surface area is 176 Å². The molecule has 0 bridgehead atoms. The van der Waals surface area contributed by atoms with Crippen molar-refractivity contribution in [2.24, 2.45) is 4.99 Å². The lowest BCUT2D eigenvalue weighted by molar-refractivity contribution is 0.150. The Morgan fingerprint density at radius 1 is 1.17 bits per heavy atom. The minimum absolute atomic E-state index is 0.0122. The van der Waals surface area contributed by atoms with Crippen molar-refractivity contribution in [3.8, 4) is 11.5 Å². The van der Waals surface area contributed by atoms with E-state index in [1.807, 2.05) is 31.2 Å². The van der Waals surface area contributed by atoms with Crippen molar-refractivity contribution in [2.45, 2.75) is 70.6 Å². The van der Waals surface area contributed by atoms with E-state index in [2.05, 4.69) is 22.5 Å². The zero-order valence-corrected chi connectivity index (χ0v) is 18.3. The topological polar surface area (TPSA) is 58.1 Å². The van der Waals surface area contributed by atoms with E-state index < -0.39 is 0 Å². The lowest BCUT2D eigenvalue weighted by Crippen LogP contribution is -2.50. The number of likely N-dealkylation sites (tertiary alicyclic amines) is 1. The number of methoxy groups -OCH3 is 1. The summed E-state index contributed by atoms with van der Waals surface area (Å²) in [5, 5.41) is 7.03. The van der Waals surface area contributed by atoms with Gasteiger partial charge in [0.2, 0.25) is 0 Å². The number of guanidine groups is 1. The molecule has 2 aliphatic rings. The van der Waals surface area contributed by atoms with Gasteiger partial charge in [-0.25, -0.2) is 4.99 Å². The van der Waals surface area contributed by atoms with Crippen LogP contribution in [0.3, 0.4) is 0 Å². The van der Waals surface area contributed by atoms with E-state index in [4.69, 9.17) is 14.5 Å². The molecule has 162 valence electrons. The van der Waals surface area contributed by atoms with E-state index in [1.165, 1.54) is 51.6 Å². The van der Waals surface area contributed by atoms with E-state index >= 15 is 0 Å². The second-order valence-corrected chi connectivity index (χ2v) is 8.22. The fourth-order valence-electron chi connectivity index (χ4n) is 4.36. The summed E-state index contributed by atoms with van der Waals surface area (Å²) in [6.07, 6.45) is 7.99. The van der Waals surface area contributed by atoms with E-state index in [1.54, 1.807) is 7.11 Å². The Morgan fingerprint density at radius 3 is 2.59 bits per heavy atom. The smallest absolute Gasteiger partial charge is 0.191 e. The molecule has 1 saturated carbocycles. The van der Waals surface area contributed by atoms with Crippen molar-refractivity contribution in [1.29, 1.82) is 0 Å². The Kier molecular flexibility index (Phi) is 8.47. The number of ether oxygens (including phenoxy) is 2. The average Bonchev–Trinajstić information content (AvgIpc) is 3.28. The number of rotatable bonds is 8. The summed E-state index contributed by atoms with van der Waals surface area (Å²) < 4.78 is 11.3. The molecule has 1 saturated heterocycles. The summed E-state index contributed by atoms with van der Waals surface area (Å²) >= 11 is 0. The van der Waals surface area contributed by atoms with Crippen LogP contribution in [0, 0.1) is 0 Å². The van der Waals surface area contributed by atoms with Crippen molar-refractivity contribution in [3.05, 3.63) is 24.3 Å². The van der Waals surface area contributed by atoms with Crippen molar-refractivity contribution in [2.75, 3.05) is 33.3 Å². The number of nitrogens with one attached hydrogen (secondary N) is 2. The first-order chi connectivity index (χ1) is 14.2. The van der Waals surface area contributed by atoms with Crippen LogP contribution >= 0.6 is 0 Å². The highest BCUT2D eigenvalue weighted by Gasteiger charge is 2.27. The molecule has 2 fully saturated rings. The highest BCUT2D eigenvalue weighted by atomic mass is 16.5. The van der Waals surface area contributed by atoms with Crippen LogP contribution in [-0.4, -0.2) is 62.3 Å². The standard InChI is InChI=1S/C23H38N4O2/c1-4-24-23(25-17-18(2)29-22-11-7-10-21(16-22)28-3)26-19-12-14-27(15-13-19)20-8-5-6-9-20/h7,10-11,16,18-20H,4-6,8-9,12-15,17H2,1-3H3,(H2,24,25,26). The van der Waals surface area contributed by atoms with Crippen molar-refractivity contribution in [1.82, 2.24) is 15.5 Å². The first kappa shape index (κ1) is 21.8. The second-order valence-electron chi connectivity index (χ2n) is 8.22. The van der Waals surface area contributed by atoms with Gasteiger partial charge in [0, 0.05) is 37.8 Å². The molecule has 0 radical (unpaired) electrons. The van der Waals surface area contributed by atoms with Crippen LogP contribution in [0.5, 0.6) is 11.5 Å². The number of piperidine rings is 1. The van der Waals surface area contributed by atoms with E-state index in [9.17, 15) is 0 Å². The van der Waals surface area contributed by atoms with Crippen LogP contribution in [0.15, 0.2) is 29.3 Å². The minimum atomic E-state index is -0.0122. The normalized spacial score (nSPS) is 20.4. The number of hydrogen-bond acceptors (Lipinski definition) is 4. The van der Waals surface area contributed by atoms with Gasteiger partial charge in [0.1, 0.15) is 17.6 Å². The molecule has 3 rings (SSSR count). The second kappa shape index (κ2) is 11.3. The summed E-state index contributed by atoms with van der Waals surface area (Å²) in [6.45, 7) is 8.03. The maximum absolute atomic E-state index is 6.00. The van der Waals surface area contributed by atoms with Gasteiger partial charge in [-0.1, -0.05) is 18.9 Å². The highest BCUT2D eigenvalue weighted by molar-refractivity contribution is 5.80. The number of hydrogen-bond donors (Lipinski definition) is 2. The number of nitrogens with zero attached hydrogens (tertiary/aromatic N) is 2. The first-order valence-corrected chi connectivity index (χ1v) is 11.3. The SMILES string of the molecule is CCNC(=NCC(C)Oc1cccc(OC)c1)NC1CCN(C2CCCC2)CC1. The molecule has 1 unspecified atom stereocenters. The predicted molar refractivity (Wildman–Crippen MR) is 119 cm³/mol. The van der Waals surface area contributed by atoms with Crippen molar-refractivity contribution >= 4 is 5.96 Å². The van der Waals surface area contributed by atoms with E-state index in [0.717, 1.165) is 30.0 Å². The van der Waals surface area contributed by atoms with E-state index in [0.29, 0.717) is 12.6 Å². The molecule has 6 nitrogen and oxygen atoms in total. The quantitative estimate of drug-likeness (QED) is 0.515. The Morgan fingerprint density at radius 2 is 1.90 bits per heavy atom. The number of aliphatic imine (C=N–C) groups is 1. The molecule has 1 aromatic carbocycles. The van der Waals surface area contributed by atoms with Gasteiger partial charge in [0.05, 0.1) is 13.7 Å². The largest absolute Gasteiger partial charge is 0.497 e. The van der Waals surface area contributed by atoms with Crippen LogP contribution in [0.25, 0.3) is 0 Å². The molecule has 29 heavy (non-hydrogen) atoms. The summed E-state index contributed by atoms with van der Waals surface area (Å²) in [4.78, 5) is 7.47. The Balaban J connectivity index is 1.46. The summed E-state index contributed by atoms with van der Waals surface area (Å²) in [5.74, 6) is 2.51. The molecule has 0 spiro atoms. The molecular formula is C23H38N4O2. The molecule has 1 aliphatic carbocycles. The molecule has 1 atom stereocenters. The van der Waals surface area contributed by atoms with Crippen LogP contribution in [-0.2, 0) is 0 Å². The molecular weight excluding hydrogens is 364 g/mol. The molecule has 0 aromatic heterocycles. The van der Waals surface area contributed by atoms with Gasteiger partial charge < -0.3 is 25.0 Å². The van der Waals surface area contributed by atoms with E-state index in [-0.39, 0.29) is 6.10 Å². The first-order valence-electron chi connectivity index (χ1n) is 11.3. The summed E-state index contributed by atoms with van der Waals surface area (Å²) in [5.41, 5.74) is 0. The lowest BCUT2D eigenvalue weighted by Gasteiger charge is -2.36. The molecule has 2 N–H and O–H groups in total. The highest BCUT2D eigenvalue weighted by Crippen LogP contribution is 2.26. The van der Waals surface area contributed by atoms with Crippen molar-refractivity contribution < 1.29 is 9.47 Å². The van der Waals surface area contributed by atoms with Gasteiger partial charge in [0.15, 0.2) is 5.96 Å². The maximum Gasteiger partial charge on any atom is 0.191 e. The zero-order valence-electron chi connectivity index (χ0n) is 18.3.